The molecule has 0 N–H and O–H groups in total. The summed E-state index contributed by atoms with van der Waals surface area (Å²) >= 11 is 1.10. The van der Waals surface area contributed by atoms with Gasteiger partial charge in [0.1, 0.15) is 0 Å². The third-order valence-electron chi connectivity index (χ3n) is 3.27. The van der Waals surface area contributed by atoms with E-state index in [2.05, 4.69) is 17.0 Å². The second-order valence-electron chi connectivity index (χ2n) is 5.24. The Morgan fingerprint density at radius 1 is 1.32 bits per heavy atom. The van der Waals surface area contributed by atoms with Crippen molar-refractivity contribution < 1.29 is 14.4 Å². The molecule has 0 aliphatic heterocycles. The van der Waals surface area contributed by atoms with Gasteiger partial charge in [0, 0.05) is 23.0 Å². The van der Waals surface area contributed by atoms with Gasteiger partial charge in [-0.05, 0) is 18.9 Å². The predicted octanol–water partition coefficient (Wildman–Crippen LogP) is 1.96. The molecule has 0 saturated heterocycles. The molecule has 0 aromatic carbocycles. The molecule has 2 heterocycles. The van der Waals surface area contributed by atoms with Crippen LogP contribution in [0.15, 0.2) is 18.3 Å². The Morgan fingerprint density at radius 2 is 2.14 bits per heavy atom. The molecule has 0 spiro atoms. The summed E-state index contributed by atoms with van der Waals surface area (Å²) in [6, 6.07) is 3.79. The summed E-state index contributed by atoms with van der Waals surface area (Å²) in [6.45, 7) is 2.18. The van der Waals surface area contributed by atoms with Gasteiger partial charge in [-0.1, -0.05) is 33.8 Å². The molecule has 0 fully saturated rings. The molecule has 8 heteroatoms. The number of rotatable bonds is 9. The lowest BCUT2D eigenvalue weighted by Gasteiger charge is -2.28. The molecule has 0 aliphatic rings. The van der Waals surface area contributed by atoms with E-state index in [9.17, 15) is 14.4 Å². The van der Waals surface area contributed by atoms with E-state index in [1.807, 2.05) is 12.1 Å². The molecule has 0 radical (unpaired) electrons. The highest BCUT2D eigenvalue weighted by Gasteiger charge is 2.07. The highest BCUT2D eigenvalue weighted by atomic mass is 32.2. The summed E-state index contributed by atoms with van der Waals surface area (Å²) in [5.74, 6) is 0.428. The van der Waals surface area contributed by atoms with Crippen LogP contribution in [0.4, 0.5) is 0 Å². The van der Waals surface area contributed by atoms with Gasteiger partial charge in [-0.15, -0.1) is 0 Å². The number of unbranched alkanes of at least 4 members (excludes halogenated alkanes) is 3. The normalized spacial score (nSPS) is 12.1. The van der Waals surface area contributed by atoms with Gasteiger partial charge < -0.3 is 14.4 Å². The summed E-state index contributed by atoms with van der Waals surface area (Å²) in [5, 5.41) is 4.20. The van der Waals surface area contributed by atoms with Crippen molar-refractivity contribution in [3.8, 4) is 0 Å². The lowest BCUT2D eigenvalue weighted by Crippen LogP contribution is -2.15. The fraction of sp³-hybridized carbons (Fsp3) is 0.571. The largest absolute Gasteiger partial charge is 0.810 e. The van der Waals surface area contributed by atoms with Crippen LogP contribution in [0.5, 0.6) is 0 Å². The lowest BCUT2D eigenvalue weighted by molar-refractivity contribution is -0.311. The van der Waals surface area contributed by atoms with Crippen molar-refractivity contribution in [1.29, 1.82) is 0 Å². The molecule has 0 amide bonds. The Labute approximate surface area is 134 Å². The fourth-order valence-corrected chi connectivity index (χ4v) is 3.94. The van der Waals surface area contributed by atoms with E-state index in [1.54, 1.807) is 10.7 Å². The molecule has 0 atom stereocenters. The minimum absolute atomic E-state index is 0.399. The monoisotopic (exact) mass is 341 g/mol. The third-order valence-corrected chi connectivity index (χ3v) is 5.77. The van der Waals surface area contributed by atoms with Crippen molar-refractivity contribution in [2.75, 3.05) is 5.49 Å². The Morgan fingerprint density at radius 3 is 2.86 bits per heavy atom. The Bertz CT molecular complexity index is 656. The minimum atomic E-state index is -4.47. The van der Waals surface area contributed by atoms with Gasteiger partial charge in [0.2, 0.25) is 0 Å². The molecular formula is C14H20N3O3PS-2. The number of hydrogen-bond acceptors (Lipinski definition) is 6. The van der Waals surface area contributed by atoms with Gasteiger partial charge >= 0.3 is 0 Å². The van der Waals surface area contributed by atoms with Gasteiger partial charge in [0.15, 0.2) is 5.65 Å². The molecule has 122 valence electrons. The second-order valence-corrected chi connectivity index (χ2v) is 8.19. The van der Waals surface area contributed by atoms with Crippen LogP contribution >= 0.6 is 19.4 Å². The van der Waals surface area contributed by atoms with E-state index in [1.165, 1.54) is 19.3 Å². The van der Waals surface area contributed by atoms with Gasteiger partial charge in [0.25, 0.3) is 0 Å². The van der Waals surface area contributed by atoms with Crippen LogP contribution in [0.25, 0.3) is 5.65 Å². The van der Waals surface area contributed by atoms with Crippen LogP contribution in [0.2, 0.25) is 0 Å². The minimum Gasteiger partial charge on any atom is -0.810 e. The highest BCUT2D eigenvalue weighted by Crippen LogP contribution is 2.31. The average Bonchev–Trinajstić information content (AvgIpc) is 2.91. The first-order valence-electron chi connectivity index (χ1n) is 7.41. The molecule has 2 aromatic rings. The molecule has 0 bridgehead atoms. The maximum Gasteiger partial charge on any atom is 0.155 e. The van der Waals surface area contributed by atoms with Gasteiger partial charge in [-0.25, -0.2) is 9.50 Å². The Hall–Kier alpha value is -0.880. The maximum atomic E-state index is 10.7. The summed E-state index contributed by atoms with van der Waals surface area (Å²) in [5.41, 5.74) is 2.23. The third kappa shape index (κ3) is 5.39. The molecule has 2 aromatic heterocycles. The van der Waals surface area contributed by atoms with Gasteiger partial charge in [-0.3, -0.25) is 0 Å². The first kappa shape index (κ1) is 17.5. The Kier molecular flexibility index (Phi) is 6.44. The fourth-order valence-electron chi connectivity index (χ4n) is 2.26. The van der Waals surface area contributed by atoms with E-state index in [-0.39, 0.29) is 0 Å². The summed E-state index contributed by atoms with van der Waals surface area (Å²) < 4.78 is 12.4. The van der Waals surface area contributed by atoms with Crippen molar-refractivity contribution >= 4 is 25.0 Å². The SMILES string of the molecule is CCCCCCc1cc(CSCP(=O)([O-])[O-])n2nccc2n1. The van der Waals surface area contributed by atoms with E-state index in [4.69, 9.17) is 0 Å². The zero-order valence-corrected chi connectivity index (χ0v) is 14.3. The zero-order valence-electron chi connectivity index (χ0n) is 12.6. The predicted molar refractivity (Wildman–Crippen MR) is 84.6 cm³/mol. The quantitative estimate of drug-likeness (QED) is 0.511. The standard InChI is InChI=1S/C14H22N3O3PS/c1-2-3-4-5-6-12-9-13(10-22-11-21(18,19)20)17-14(16-12)7-8-15-17/h7-9H,2-6,10-11H2,1H3,(H2,18,19,20)/p-2. The molecule has 0 saturated carbocycles. The first-order valence-corrected chi connectivity index (χ1v) is 10.3. The number of hydrogen-bond donors (Lipinski definition) is 0. The second kappa shape index (κ2) is 8.11. The lowest BCUT2D eigenvalue weighted by atomic mass is 10.1. The maximum absolute atomic E-state index is 10.7. The van der Waals surface area contributed by atoms with Crippen LogP contribution in [-0.4, -0.2) is 20.1 Å². The van der Waals surface area contributed by atoms with E-state index < -0.39 is 13.1 Å². The van der Waals surface area contributed by atoms with Crippen LogP contribution < -0.4 is 9.79 Å². The van der Waals surface area contributed by atoms with E-state index >= 15 is 0 Å². The number of fused-ring (bicyclic) bond motifs is 1. The summed E-state index contributed by atoms with van der Waals surface area (Å²) in [6.07, 6.45) is 7.27. The molecule has 22 heavy (non-hydrogen) atoms. The van der Waals surface area contributed by atoms with Crippen molar-refractivity contribution in [1.82, 2.24) is 14.6 Å². The number of thioether (sulfide) groups is 1. The van der Waals surface area contributed by atoms with Crippen LogP contribution in [0.1, 0.15) is 44.0 Å². The van der Waals surface area contributed by atoms with Crippen LogP contribution in [0.3, 0.4) is 0 Å². The van der Waals surface area contributed by atoms with E-state index in [0.29, 0.717) is 5.75 Å². The smallest absolute Gasteiger partial charge is 0.155 e. The topological polar surface area (TPSA) is 93.4 Å². The van der Waals surface area contributed by atoms with E-state index in [0.717, 1.165) is 41.6 Å². The summed E-state index contributed by atoms with van der Waals surface area (Å²) in [4.78, 5) is 26.0. The average molecular weight is 341 g/mol. The van der Waals surface area contributed by atoms with Crippen molar-refractivity contribution in [3.05, 3.63) is 29.7 Å². The van der Waals surface area contributed by atoms with Gasteiger partial charge in [0.05, 0.1) is 11.9 Å². The molecule has 0 unspecified atom stereocenters. The zero-order chi connectivity index (χ0) is 16.0. The van der Waals surface area contributed by atoms with Crippen molar-refractivity contribution in [2.24, 2.45) is 0 Å². The molecule has 0 aliphatic carbocycles. The van der Waals surface area contributed by atoms with Crippen LogP contribution in [-0.2, 0) is 16.7 Å². The van der Waals surface area contributed by atoms with Crippen LogP contribution in [0, 0.1) is 0 Å². The number of nitrogens with zero attached hydrogens (tertiary/aromatic N) is 3. The van der Waals surface area contributed by atoms with Crippen molar-refractivity contribution in [3.63, 3.8) is 0 Å². The summed E-state index contributed by atoms with van der Waals surface area (Å²) in [7, 11) is -4.47. The van der Waals surface area contributed by atoms with Crippen molar-refractivity contribution in [2.45, 2.75) is 44.8 Å². The molecule has 6 nitrogen and oxygen atoms in total. The van der Waals surface area contributed by atoms with Gasteiger partial charge in [-0.2, -0.15) is 16.9 Å². The molecule has 2 rings (SSSR count). The number of aryl methyl sites for hydroxylation is 1. The Balaban J connectivity index is 2.06. The highest BCUT2D eigenvalue weighted by molar-refractivity contribution is 8.03. The molecular weight excluding hydrogens is 321 g/mol. The number of aromatic nitrogens is 3. The first-order chi connectivity index (χ1) is 10.5.